The van der Waals surface area contributed by atoms with E-state index in [1.165, 1.54) is 22.9 Å². The average Bonchev–Trinajstić information content (AvgIpc) is 3.05. The Labute approximate surface area is 154 Å². The van der Waals surface area contributed by atoms with E-state index in [1.807, 2.05) is 0 Å². The fourth-order valence-electron chi connectivity index (χ4n) is 3.54. The van der Waals surface area contributed by atoms with Crippen LogP contribution in [0.3, 0.4) is 0 Å². The van der Waals surface area contributed by atoms with Crippen LogP contribution in [-0.2, 0) is 10.0 Å². The molecule has 1 atom stereocenters. The van der Waals surface area contributed by atoms with Gasteiger partial charge in [-0.3, -0.25) is 0 Å². The van der Waals surface area contributed by atoms with Crippen molar-refractivity contribution in [2.75, 3.05) is 6.54 Å². The standard InChI is InChI=1S/C17H24ClN3O3S/c18-13-8-10-15(11-9-13)25(23,24)21-12-4-7-16(21)20-17(22)19-14-5-2-1-3-6-14/h8-11,14,16H,1-7,12H2,(H2,19,20,22). The van der Waals surface area contributed by atoms with Crippen LogP contribution in [0.1, 0.15) is 44.9 Å². The van der Waals surface area contributed by atoms with E-state index < -0.39 is 16.2 Å². The fraction of sp³-hybridized carbons (Fsp3) is 0.588. The van der Waals surface area contributed by atoms with Crippen molar-refractivity contribution in [1.29, 1.82) is 0 Å². The SMILES string of the molecule is O=C(NC1CCCCC1)NC1CCCN1S(=O)(=O)c1ccc(Cl)cc1. The molecule has 8 heteroatoms. The Bertz CT molecular complexity index is 702. The summed E-state index contributed by atoms with van der Waals surface area (Å²) in [5.41, 5.74) is 0. The number of benzene rings is 1. The summed E-state index contributed by atoms with van der Waals surface area (Å²) in [5.74, 6) is 0. The molecule has 1 heterocycles. The predicted octanol–water partition coefficient (Wildman–Crippen LogP) is 3.08. The zero-order valence-corrected chi connectivity index (χ0v) is 15.7. The molecule has 0 aromatic heterocycles. The van der Waals surface area contributed by atoms with Gasteiger partial charge in [-0.05, 0) is 49.9 Å². The van der Waals surface area contributed by atoms with Crippen LogP contribution in [0, 0.1) is 0 Å². The number of amides is 2. The van der Waals surface area contributed by atoms with Crippen molar-refractivity contribution in [3.8, 4) is 0 Å². The molecule has 0 spiro atoms. The second-order valence-corrected chi connectivity index (χ2v) is 9.01. The van der Waals surface area contributed by atoms with Gasteiger partial charge in [-0.2, -0.15) is 4.31 Å². The van der Waals surface area contributed by atoms with Gasteiger partial charge in [-0.15, -0.1) is 0 Å². The van der Waals surface area contributed by atoms with E-state index in [1.54, 1.807) is 12.1 Å². The molecule has 6 nitrogen and oxygen atoms in total. The van der Waals surface area contributed by atoms with Crippen molar-refractivity contribution < 1.29 is 13.2 Å². The molecule has 2 N–H and O–H groups in total. The van der Waals surface area contributed by atoms with Gasteiger partial charge in [0.05, 0.1) is 11.1 Å². The van der Waals surface area contributed by atoms with Gasteiger partial charge in [0.1, 0.15) is 0 Å². The topological polar surface area (TPSA) is 78.5 Å². The van der Waals surface area contributed by atoms with Crippen molar-refractivity contribution in [2.45, 2.75) is 62.0 Å². The molecule has 0 radical (unpaired) electrons. The van der Waals surface area contributed by atoms with Gasteiger partial charge in [0.15, 0.2) is 0 Å². The summed E-state index contributed by atoms with van der Waals surface area (Å²) < 4.78 is 27.0. The molecule has 1 aromatic carbocycles. The first kappa shape index (κ1) is 18.5. The maximum Gasteiger partial charge on any atom is 0.316 e. The van der Waals surface area contributed by atoms with E-state index in [9.17, 15) is 13.2 Å². The Morgan fingerprint density at radius 1 is 1.00 bits per heavy atom. The number of hydrogen-bond acceptors (Lipinski definition) is 3. The first-order valence-electron chi connectivity index (χ1n) is 8.81. The van der Waals surface area contributed by atoms with E-state index in [2.05, 4.69) is 10.6 Å². The molecule has 1 saturated carbocycles. The van der Waals surface area contributed by atoms with Crippen molar-refractivity contribution in [2.24, 2.45) is 0 Å². The van der Waals surface area contributed by atoms with Crippen LogP contribution in [0.25, 0.3) is 0 Å². The largest absolute Gasteiger partial charge is 0.335 e. The van der Waals surface area contributed by atoms with Crippen LogP contribution in [-0.4, -0.2) is 37.5 Å². The minimum absolute atomic E-state index is 0.191. The number of nitrogens with one attached hydrogen (secondary N) is 2. The van der Waals surface area contributed by atoms with Crippen LogP contribution in [0.5, 0.6) is 0 Å². The molecular formula is C17H24ClN3O3S. The first-order valence-corrected chi connectivity index (χ1v) is 10.6. The van der Waals surface area contributed by atoms with Crippen LogP contribution < -0.4 is 10.6 Å². The van der Waals surface area contributed by atoms with E-state index in [0.29, 0.717) is 18.0 Å². The van der Waals surface area contributed by atoms with Crippen molar-refractivity contribution in [3.05, 3.63) is 29.3 Å². The monoisotopic (exact) mass is 385 g/mol. The Morgan fingerprint density at radius 2 is 1.68 bits per heavy atom. The highest BCUT2D eigenvalue weighted by atomic mass is 35.5. The number of sulfonamides is 1. The molecule has 0 bridgehead atoms. The highest BCUT2D eigenvalue weighted by Gasteiger charge is 2.36. The second kappa shape index (κ2) is 7.93. The molecule has 1 saturated heterocycles. The summed E-state index contributed by atoms with van der Waals surface area (Å²) in [6.07, 6.45) is 6.29. The van der Waals surface area contributed by atoms with Crippen LogP contribution in [0.4, 0.5) is 4.79 Å². The fourth-order valence-corrected chi connectivity index (χ4v) is 5.28. The highest BCUT2D eigenvalue weighted by Crippen LogP contribution is 2.26. The van der Waals surface area contributed by atoms with E-state index in [0.717, 1.165) is 32.1 Å². The van der Waals surface area contributed by atoms with E-state index in [4.69, 9.17) is 11.6 Å². The lowest BCUT2D eigenvalue weighted by molar-refractivity contribution is 0.221. The van der Waals surface area contributed by atoms with Gasteiger partial charge in [-0.1, -0.05) is 30.9 Å². The average molecular weight is 386 g/mol. The zero-order chi connectivity index (χ0) is 17.9. The van der Waals surface area contributed by atoms with Crippen molar-refractivity contribution in [3.63, 3.8) is 0 Å². The number of carbonyl (C=O) groups excluding carboxylic acids is 1. The van der Waals surface area contributed by atoms with Gasteiger partial charge >= 0.3 is 6.03 Å². The lowest BCUT2D eigenvalue weighted by atomic mass is 9.96. The number of halogens is 1. The third-order valence-electron chi connectivity index (χ3n) is 4.86. The van der Waals surface area contributed by atoms with Gasteiger partial charge in [0.25, 0.3) is 0 Å². The molecule has 1 aromatic rings. The quantitative estimate of drug-likeness (QED) is 0.835. The Balaban J connectivity index is 1.65. The van der Waals surface area contributed by atoms with Crippen LogP contribution >= 0.6 is 11.6 Å². The van der Waals surface area contributed by atoms with E-state index in [-0.39, 0.29) is 17.0 Å². The third kappa shape index (κ3) is 4.46. The number of nitrogens with zero attached hydrogens (tertiary/aromatic N) is 1. The minimum atomic E-state index is -3.65. The number of rotatable bonds is 4. The summed E-state index contributed by atoms with van der Waals surface area (Å²) in [6.45, 7) is 0.402. The predicted molar refractivity (Wildman–Crippen MR) is 96.9 cm³/mol. The molecular weight excluding hydrogens is 362 g/mol. The van der Waals surface area contributed by atoms with Gasteiger partial charge in [-0.25, -0.2) is 13.2 Å². The lowest BCUT2D eigenvalue weighted by Gasteiger charge is -2.27. The summed E-state index contributed by atoms with van der Waals surface area (Å²) in [4.78, 5) is 12.5. The first-order chi connectivity index (χ1) is 12.0. The minimum Gasteiger partial charge on any atom is -0.335 e. The maximum atomic E-state index is 12.8. The van der Waals surface area contributed by atoms with Crippen LogP contribution in [0.15, 0.2) is 29.2 Å². The molecule has 2 fully saturated rings. The Hall–Kier alpha value is -1.31. The normalized spacial score (nSPS) is 22.7. The highest BCUT2D eigenvalue weighted by molar-refractivity contribution is 7.89. The summed E-state index contributed by atoms with van der Waals surface area (Å²) in [7, 11) is -3.65. The summed E-state index contributed by atoms with van der Waals surface area (Å²) in [5, 5.41) is 6.30. The number of urea groups is 1. The third-order valence-corrected chi connectivity index (χ3v) is 7.04. The molecule has 1 aliphatic heterocycles. The molecule has 25 heavy (non-hydrogen) atoms. The number of carbonyl (C=O) groups is 1. The second-order valence-electron chi connectivity index (χ2n) is 6.68. The maximum absolute atomic E-state index is 12.8. The lowest BCUT2D eigenvalue weighted by Crippen LogP contribution is -2.52. The summed E-state index contributed by atoms with van der Waals surface area (Å²) in [6, 6.07) is 6.02. The van der Waals surface area contributed by atoms with Gasteiger partial charge in [0.2, 0.25) is 10.0 Å². The molecule has 2 aliphatic rings. The zero-order valence-electron chi connectivity index (χ0n) is 14.1. The molecule has 138 valence electrons. The molecule has 2 amide bonds. The Morgan fingerprint density at radius 3 is 2.36 bits per heavy atom. The summed E-state index contributed by atoms with van der Waals surface area (Å²) >= 11 is 5.84. The van der Waals surface area contributed by atoms with Gasteiger partial charge in [0, 0.05) is 17.6 Å². The van der Waals surface area contributed by atoms with Gasteiger partial charge < -0.3 is 10.6 Å². The molecule has 1 aliphatic carbocycles. The smallest absolute Gasteiger partial charge is 0.316 e. The van der Waals surface area contributed by atoms with Crippen LogP contribution in [0.2, 0.25) is 5.02 Å². The van der Waals surface area contributed by atoms with E-state index >= 15 is 0 Å². The molecule has 3 rings (SSSR count). The van der Waals surface area contributed by atoms with Crippen molar-refractivity contribution in [1.82, 2.24) is 14.9 Å². The number of hydrogen-bond donors (Lipinski definition) is 2. The molecule has 1 unspecified atom stereocenters. The van der Waals surface area contributed by atoms with Crippen molar-refractivity contribution >= 4 is 27.7 Å². The Kier molecular flexibility index (Phi) is 5.86.